The van der Waals surface area contributed by atoms with E-state index < -0.39 is 6.10 Å². The number of rotatable bonds is 8. The van der Waals surface area contributed by atoms with Crippen LogP contribution in [0.15, 0.2) is 28.7 Å². The van der Waals surface area contributed by atoms with Gasteiger partial charge in [-0.1, -0.05) is 22.9 Å². The van der Waals surface area contributed by atoms with E-state index in [9.17, 15) is 5.11 Å². The molecule has 0 unspecified atom stereocenters. The molecular weight excluding hydrogens is 298 g/mol. The number of aliphatic hydroxyl groups is 2. The highest BCUT2D eigenvalue weighted by molar-refractivity contribution is 9.10. The van der Waals surface area contributed by atoms with Crippen molar-refractivity contribution in [3.05, 3.63) is 28.7 Å². The van der Waals surface area contributed by atoms with E-state index in [0.717, 1.165) is 16.6 Å². The van der Waals surface area contributed by atoms with Gasteiger partial charge in [0.1, 0.15) is 18.5 Å². The summed E-state index contributed by atoms with van der Waals surface area (Å²) in [5.74, 6) is 0.728. The van der Waals surface area contributed by atoms with Crippen LogP contribution in [0.25, 0.3) is 0 Å². The van der Waals surface area contributed by atoms with Gasteiger partial charge in [-0.05, 0) is 30.7 Å². The number of aliphatic hydroxyl groups excluding tert-OH is 2. The minimum atomic E-state index is -0.589. The molecule has 5 heteroatoms. The Kier molecular flexibility index (Phi) is 7.27. The fourth-order valence-corrected chi connectivity index (χ4v) is 1.69. The van der Waals surface area contributed by atoms with Crippen molar-refractivity contribution < 1.29 is 14.9 Å². The molecule has 1 aromatic rings. The minimum absolute atomic E-state index is 0.0346. The van der Waals surface area contributed by atoms with Crippen molar-refractivity contribution in [2.45, 2.75) is 25.5 Å². The summed E-state index contributed by atoms with van der Waals surface area (Å²) in [7, 11) is 0. The first-order valence-electron chi connectivity index (χ1n) is 6.06. The van der Waals surface area contributed by atoms with Crippen LogP contribution in [-0.2, 0) is 0 Å². The van der Waals surface area contributed by atoms with Crippen molar-refractivity contribution in [1.29, 1.82) is 0 Å². The second kappa shape index (κ2) is 8.48. The average Bonchev–Trinajstić information content (AvgIpc) is 2.39. The fourth-order valence-electron chi connectivity index (χ4n) is 1.42. The Morgan fingerprint density at radius 3 is 2.56 bits per heavy atom. The van der Waals surface area contributed by atoms with Gasteiger partial charge in [-0.3, -0.25) is 0 Å². The van der Waals surface area contributed by atoms with Gasteiger partial charge in [0.15, 0.2) is 0 Å². The lowest BCUT2D eigenvalue weighted by molar-refractivity contribution is 0.0995. The molecule has 0 radical (unpaired) electrons. The Bertz CT molecular complexity index is 328. The van der Waals surface area contributed by atoms with E-state index in [0.29, 0.717) is 6.54 Å². The van der Waals surface area contributed by atoms with E-state index in [1.807, 2.05) is 31.2 Å². The average molecular weight is 318 g/mol. The Balaban J connectivity index is 2.24. The highest BCUT2D eigenvalue weighted by Gasteiger charge is 2.09. The first-order chi connectivity index (χ1) is 8.65. The molecule has 0 aromatic heterocycles. The van der Waals surface area contributed by atoms with Crippen LogP contribution in [0.4, 0.5) is 0 Å². The zero-order valence-electron chi connectivity index (χ0n) is 10.5. The van der Waals surface area contributed by atoms with Gasteiger partial charge in [-0.25, -0.2) is 0 Å². The summed E-state index contributed by atoms with van der Waals surface area (Å²) in [6.07, 6.45) is 0.241. The fraction of sp³-hybridized carbons (Fsp3) is 0.538. The van der Waals surface area contributed by atoms with Crippen molar-refractivity contribution in [3.8, 4) is 5.75 Å². The SMILES string of the molecule is CC[C@@H](CO)NC[C@H](O)COc1ccc(Br)cc1. The number of ether oxygens (including phenoxy) is 1. The standard InChI is InChI=1S/C13H20BrNO3/c1-2-11(8-16)15-7-12(17)9-18-13-5-3-10(14)4-6-13/h3-6,11-12,15-17H,2,7-9H2,1H3/t11-,12-/m0/s1. The van der Waals surface area contributed by atoms with Crippen LogP contribution < -0.4 is 10.1 Å². The van der Waals surface area contributed by atoms with Crippen LogP contribution in [-0.4, -0.2) is 42.1 Å². The van der Waals surface area contributed by atoms with Crippen LogP contribution in [0.1, 0.15) is 13.3 Å². The minimum Gasteiger partial charge on any atom is -0.491 e. The predicted molar refractivity (Wildman–Crippen MR) is 74.8 cm³/mol. The van der Waals surface area contributed by atoms with E-state index in [4.69, 9.17) is 9.84 Å². The molecule has 1 aromatic carbocycles. The summed E-state index contributed by atoms with van der Waals surface area (Å²) >= 11 is 3.34. The number of hydrogen-bond acceptors (Lipinski definition) is 4. The van der Waals surface area contributed by atoms with Gasteiger partial charge < -0.3 is 20.3 Å². The van der Waals surface area contributed by atoms with Gasteiger partial charge >= 0.3 is 0 Å². The van der Waals surface area contributed by atoms with Gasteiger partial charge in [-0.15, -0.1) is 0 Å². The molecule has 0 saturated heterocycles. The largest absolute Gasteiger partial charge is 0.491 e. The smallest absolute Gasteiger partial charge is 0.119 e. The summed E-state index contributed by atoms with van der Waals surface area (Å²) in [4.78, 5) is 0. The molecule has 0 spiro atoms. The normalized spacial score (nSPS) is 14.2. The molecule has 102 valence electrons. The van der Waals surface area contributed by atoms with Crippen molar-refractivity contribution in [3.63, 3.8) is 0 Å². The Labute approximate surface area is 116 Å². The van der Waals surface area contributed by atoms with Crippen molar-refractivity contribution >= 4 is 15.9 Å². The Morgan fingerprint density at radius 1 is 1.33 bits per heavy atom. The van der Waals surface area contributed by atoms with Gasteiger partial charge in [-0.2, -0.15) is 0 Å². The van der Waals surface area contributed by atoms with E-state index in [-0.39, 0.29) is 19.3 Å². The monoisotopic (exact) mass is 317 g/mol. The lowest BCUT2D eigenvalue weighted by Gasteiger charge is -2.17. The topological polar surface area (TPSA) is 61.7 Å². The molecule has 0 aliphatic rings. The molecule has 2 atom stereocenters. The molecule has 0 aliphatic carbocycles. The third-order valence-electron chi connectivity index (χ3n) is 2.61. The first-order valence-corrected chi connectivity index (χ1v) is 6.85. The maximum absolute atomic E-state index is 9.73. The van der Waals surface area contributed by atoms with E-state index in [1.165, 1.54) is 0 Å². The molecule has 0 amide bonds. The number of nitrogens with one attached hydrogen (secondary N) is 1. The zero-order valence-corrected chi connectivity index (χ0v) is 12.1. The molecule has 18 heavy (non-hydrogen) atoms. The summed E-state index contributed by atoms with van der Waals surface area (Å²) < 4.78 is 6.44. The van der Waals surface area contributed by atoms with Crippen LogP contribution in [0.3, 0.4) is 0 Å². The highest BCUT2D eigenvalue weighted by Crippen LogP contribution is 2.16. The molecule has 0 bridgehead atoms. The van der Waals surface area contributed by atoms with Crippen LogP contribution in [0, 0.1) is 0 Å². The molecule has 1 rings (SSSR count). The molecule has 3 N–H and O–H groups in total. The number of halogens is 1. The third kappa shape index (κ3) is 5.82. The summed E-state index contributed by atoms with van der Waals surface area (Å²) in [5, 5.41) is 21.8. The van der Waals surface area contributed by atoms with E-state index in [1.54, 1.807) is 0 Å². The van der Waals surface area contributed by atoms with Gasteiger partial charge in [0.2, 0.25) is 0 Å². The lowest BCUT2D eigenvalue weighted by Crippen LogP contribution is -2.39. The van der Waals surface area contributed by atoms with Crippen molar-refractivity contribution in [2.24, 2.45) is 0 Å². The summed E-state index contributed by atoms with van der Waals surface area (Å²) in [6, 6.07) is 7.49. The zero-order chi connectivity index (χ0) is 13.4. The molecule has 0 heterocycles. The van der Waals surface area contributed by atoms with Crippen LogP contribution in [0.2, 0.25) is 0 Å². The van der Waals surface area contributed by atoms with Gasteiger partial charge in [0.05, 0.1) is 6.61 Å². The van der Waals surface area contributed by atoms with E-state index in [2.05, 4.69) is 21.2 Å². The summed E-state index contributed by atoms with van der Waals surface area (Å²) in [5.41, 5.74) is 0. The Hall–Kier alpha value is -0.620. The summed E-state index contributed by atoms with van der Waals surface area (Å²) in [6.45, 7) is 2.71. The molecule has 0 fully saturated rings. The molecule has 0 saturated carbocycles. The van der Waals surface area contributed by atoms with Crippen molar-refractivity contribution in [2.75, 3.05) is 19.8 Å². The second-order valence-corrected chi connectivity index (χ2v) is 5.03. The number of hydrogen-bond donors (Lipinski definition) is 3. The Morgan fingerprint density at radius 2 is 2.00 bits per heavy atom. The van der Waals surface area contributed by atoms with Gasteiger partial charge in [0, 0.05) is 17.1 Å². The quantitative estimate of drug-likeness (QED) is 0.681. The lowest BCUT2D eigenvalue weighted by atomic mass is 10.2. The van der Waals surface area contributed by atoms with Crippen LogP contribution >= 0.6 is 15.9 Å². The molecular formula is C13H20BrNO3. The van der Waals surface area contributed by atoms with Crippen molar-refractivity contribution in [1.82, 2.24) is 5.32 Å². The van der Waals surface area contributed by atoms with E-state index >= 15 is 0 Å². The second-order valence-electron chi connectivity index (χ2n) is 4.11. The highest BCUT2D eigenvalue weighted by atomic mass is 79.9. The van der Waals surface area contributed by atoms with Gasteiger partial charge in [0.25, 0.3) is 0 Å². The maximum Gasteiger partial charge on any atom is 0.119 e. The van der Waals surface area contributed by atoms with Crippen LogP contribution in [0.5, 0.6) is 5.75 Å². The predicted octanol–water partition coefficient (Wildman–Crippen LogP) is 1.55. The number of benzene rings is 1. The maximum atomic E-state index is 9.73. The third-order valence-corrected chi connectivity index (χ3v) is 3.14. The molecule has 0 aliphatic heterocycles. The first kappa shape index (κ1) is 15.4. The molecule has 4 nitrogen and oxygen atoms in total.